The molecule has 6 heteroatoms. The Morgan fingerprint density at radius 1 is 0.483 bits per heavy atom. The number of unbranched alkanes of at least 4 members (excludes halogenated alkanes) is 28. The summed E-state index contributed by atoms with van der Waals surface area (Å²) in [7, 11) is 0. The summed E-state index contributed by atoms with van der Waals surface area (Å²) in [6.45, 7) is 12.2. The SMILES string of the molecule is CCCCCCCCCCCCCCCCC[C](=O)[Ti](=[O])([O]c1ccccc1C(C)(C)c1ccccc1)([O]C(C)C)[C](=O)CCCCCCCCCCCCCCCCC. The number of benzene rings is 2. The van der Waals surface area contributed by atoms with Crippen LogP contribution in [0, 0.1) is 0 Å². The second-order valence-electron chi connectivity index (χ2n) is 19.0. The Morgan fingerprint density at radius 2 is 0.800 bits per heavy atom. The maximum atomic E-state index is 15.9. The van der Waals surface area contributed by atoms with Gasteiger partial charge < -0.3 is 0 Å². The first-order valence-electron chi connectivity index (χ1n) is 25.5. The van der Waals surface area contributed by atoms with E-state index in [-0.39, 0.29) is 12.8 Å². The van der Waals surface area contributed by atoms with Crippen molar-refractivity contribution < 1.29 is 35.6 Å². The second-order valence-corrected chi connectivity index (χ2v) is 24.5. The minimum absolute atomic E-state index is 0.0283. The van der Waals surface area contributed by atoms with E-state index in [1.807, 2.05) is 36.4 Å². The van der Waals surface area contributed by atoms with Gasteiger partial charge >= 0.3 is 296 Å². The van der Waals surface area contributed by atoms with Crippen LogP contribution in [-0.2, 0) is 37.7 Å². The molecule has 0 aliphatic carbocycles. The van der Waals surface area contributed by atoms with Crippen LogP contribution in [0.4, 0.5) is 0 Å². The number of para-hydroxylation sites is 1. The van der Waals surface area contributed by atoms with E-state index >= 15 is 3.32 Å². The van der Waals surface area contributed by atoms with Gasteiger partial charge in [-0.1, -0.05) is 78.1 Å². The third kappa shape index (κ3) is 20.5. The van der Waals surface area contributed by atoms with E-state index in [0.717, 1.165) is 49.7 Å². The van der Waals surface area contributed by atoms with Crippen molar-refractivity contribution in [2.75, 3.05) is 0 Å². The minimum atomic E-state index is -6.75. The zero-order valence-corrected chi connectivity index (χ0v) is 41.5. The predicted octanol–water partition coefficient (Wildman–Crippen LogP) is 17.3. The van der Waals surface area contributed by atoms with E-state index in [0.29, 0.717) is 18.6 Å². The summed E-state index contributed by atoms with van der Waals surface area (Å²) < 4.78 is 27.6. The molecule has 0 radical (unpaired) electrons. The van der Waals surface area contributed by atoms with Crippen molar-refractivity contribution >= 4 is 8.18 Å². The quantitative estimate of drug-likeness (QED) is 0.0493. The first kappa shape index (κ1) is 54.2. The molecule has 0 aliphatic heterocycles. The molecular formula is C54H92O5Ti. The van der Waals surface area contributed by atoms with Crippen LogP contribution in [0.5, 0.6) is 5.75 Å². The molecule has 0 unspecified atom stereocenters. The summed E-state index contributed by atoms with van der Waals surface area (Å²) in [6, 6.07) is 17.6. The molecule has 2 rings (SSSR count). The van der Waals surface area contributed by atoms with E-state index < -0.39 is 35.7 Å². The predicted molar refractivity (Wildman–Crippen MR) is 252 cm³/mol. The summed E-state index contributed by atoms with van der Waals surface area (Å²) >= 11 is -6.75. The molecule has 0 fully saturated rings. The van der Waals surface area contributed by atoms with E-state index in [1.54, 1.807) is 19.9 Å². The standard InChI is InChI=1S/2C18H35O.C15H16O.C3H7O.O.Ti/c2*1-2-3-4-5-6-7-8-9-10-11-12-13-14-15-16-17-18-19;1-15(2,12-8-4-3-5-9-12)13-10-6-7-11-14(13)16;1-3(2)4;;/h2*2-17H2,1H3;3-11,16H,1-2H3;3H,1-2H3;;/q;;;-1;;+2/p-1. The monoisotopic (exact) mass is 869 g/mol. The van der Waals surface area contributed by atoms with Crippen molar-refractivity contribution in [3.05, 3.63) is 65.7 Å². The van der Waals surface area contributed by atoms with Crippen molar-refractivity contribution in [2.45, 2.75) is 259 Å². The van der Waals surface area contributed by atoms with Crippen molar-refractivity contribution in [3.63, 3.8) is 0 Å². The molecule has 0 amide bonds. The van der Waals surface area contributed by atoms with Gasteiger partial charge in [-0.2, -0.15) is 0 Å². The second kappa shape index (κ2) is 31.8. The van der Waals surface area contributed by atoms with Crippen LogP contribution < -0.4 is 3.32 Å². The Balaban J connectivity index is 2.04. The number of carbonyl (C=O) groups excluding carboxylic acids is 2. The van der Waals surface area contributed by atoms with Crippen molar-refractivity contribution in [1.82, 2.24) is 0 Å². The molecule has 0 saturated heterocycles. The topological polar surface area (TPSA) is 69.7 Å². The molecule has 0 bridgehead atoms. The average molecular weight is 869 g/mol. The van der Waals surface area contributed by atoms with Gasteiger partial charge in [0.25, 0.3) is 0 Å². The van der Waals surface area contributed by atoms with Gasteiger partial charge in [-0.05, 0) is 0 Å². The van der Waals surface area contributed by atoms with E-state index in [9.17, 15) is 9.59 Å². The van der Waals surface area contributed by atoms with Gasteiger partial charge in [-0.3, -0.25) is 0 Å². The average Bonchev–Trinajstić information content (AvgIpc) is 3.23. The van der Waals surface area contributed by atoms with Gasteiger partial charge in [-0.15, -0.1) is 0 Å². The number of hydrogen-bond acceptors (Lipinski definition) is 5. The van der Waals surface area contributed by atoms with Crippen molar-refractivity contribution in [1.29, 1.82) is 0 Å². The molecule has 60 heavy (non-hydrogen) atoms. The summed E-state index contributed by atoms with van der Waals surface area (Å²) in [5.41, 5.74) is 1.28. The van der Waals surface area contributed by atoms with Crippen molar-refractivity contribution in [2.24, 2.45) is 0 Å². The summed E-state index contributed by atoms with van der Waals surface area (Å²) in [6.07, 6.45) is 35.9. The Labute approximate surface area is 371 Å². The molecule has 0 spiro atoms. The Kier molecular flexibility index (Phi) is 28.7. The number of rotatable bonds is 40. The van der Waals surface area contributed by atoms with E-state index in [2.05, 4.69) is 39.8 Å². The zero-order chi connectivity index (χ0) is 43.8. The number of carbonyl (C=O) groups is 2. The molecular weight excluding hydrogens is 776 g/mol. The third-order valence-electron chi connectivity index (χ3n) is 12.8. The van der Waals surface area contributed by atoms with Crippen molar-refractivity contribution in [3.8, 4) is 5.75 Å². The van der Waals surface area contributed by atoms with Gasteiger partial charge in [0, 0.05) is 0 Å². The molecule has 0 N–H and O–H groups in total. The Bertz CT molecular complexity index is 1410. The molecule has 2 aromatic carbocycles. The fourth-order valence-electron chi connectivity index (χ4n) is 8.88. The molecule has 5 nitrogen and oxygen atoms in total. The first-order valence-corrected chi connectivity index (χ1v) is 28.9. The van der Waals surface area contributed by atoms with Crippen LogP contribution in [0.3, 0.4) is 0 Å². The first-order chi connectivity index (χ1) is 29.0. The smallest absolute Gasteiger partial charge is 0.0654 e. The molecule has 0 aliphatic rings. The molecule has 0 atom stereocenters. The van der Waals surface area contributed by atoms with Crippen LogP contribution in [0.25, 0.3) is 0 Å². The third-order valence-corrected chi connectivity index (χ3v) is 18.9. The molecule has 2 aromatic rings. The Hall–Kier alpha value is -1.95. The van der Waals surface area contributed by atoms with Crippen LogP contribution in [0.1, 0.15) is 258 Å². The summed E-state index contributed by atoms with van der Waals surface area (Å²) in [5, 5.41) is 0. The van der Waals surface area contributed by atoms with E-state index in [1.165, 1.54) is 141 Å². The Morgan fingerprint density at radius 3 is 1.15 bits per heavy atom. The summed E-state index contributed by atoms with van der Waals surface area (Å²) in [5.74, 6) is 0.300. The minimum Gasteiger partial charge on any atom is -0.0654 e. The normalized spacial score (nSPS) is 12.3. The van der Waals surface area contributed by atoms with Crippen LogP contribution >= 0.6 is 0 Å². The molecule has 0 aromatic heterocycles. The van der Waals surface area contributed by atoms with Gasteiger partial charge in [0.1, 0.15) is 0 Å². The summed E-state index contributed by atoms with van der Waals surface area (Å²) in [4.78, 5) is 29.2. The van der Waals surface area contributed by atoms with Crippen LogP contribution in [0.15, 0.2) is 54.6 Å². The fraction of sp³-hybridized carbons (Fsp3) is 0.741. The van der Waals surface area contributed by atoms with Gasteiger partial charge in [0.05, 0.1) is 0 Å². The van der Waals surface area contributed by atoms with Gasteiger partial charge in [-0.25, -0.2) is 0 Å². The van der Waals surface area contributed by atoms with Crippen LogP contribution in [-0.4, -0.2) is 14.3 Å². The fourth-order valence-corrected chi connectivity index (χ4v) is 14.3. The molecule has 0 heterocycles. The molecule has 342 valence electrons. The zero-order valence-electron chi connectivity index (χ0n) is 39.9. The van der Waals surface area contributed by atoms with Gasteiger partial charge in [0.15, 0.2) is 0 Å². The maximum absolute atomic E-state index is 15.9. The molecule has 0 saturated carbocycles. The van der Waals surface area contributed by atoms with E-state index in [4.69, 9.17) is 6.64 Å². The van der Waals surface area contributed by atoms with Crippen LogP contribution in [0.2, 0.25) is 0 Å². The number of hydrogen-bond donors (Lipinski definition) is 0. The van der Waals surface area contributed by atoms with Gasteiger partial charge in [0.2, 0.25) is 0 Å².